The minimum absolute atomic E-state index is 0.0110. The first-order valence-corrected chi connectivity index (χ1v) is 8.60. The number of amides is 2. The summed E-state index contributed by atoms with van der Waals surface area (Å²) in [5.74, 6) is 0. The van der Waals surface area contributed by atoms with Gasteiger partial charge in [-0.05, 0) is 32.8 Å². The second-order valence-corrected chi connectivity index (χ2v) is 6.51. The Labute approximate surface area is 142 Å². The third-order valence-electron chi connectivity index (χ3n) is 4.88. The molecule has 1 saturated heterocycles. The van der Waals surface area contributed by atoms with Gasteiger partial charge in [-0.2, -0.15) is 10.2 Å². The topological polar surface area (TPSA) is 78.8 Å². The standard InChI is InChI=1S/C17H26N6O/c1-12-16(13(2)21-20-12)15-7-5-4-6-10-23(15)17(24)18-11-14-8-9-19-22(14)3/h8-9,15H,4-7,10-11H2,1-3H3,(H,18,24)(H,20,21). The van der Waals surface area contributed by atoms with Gasteiger partial charge in [0, 0.05) is 31.0 Å². The minimum Gasteiger partial charge on any atom is -0.332 e. The highest BCUT2D eigenvalue weighted by molar-refractivity contribution is 5.75. The van der Waals surface area contributed by atoms with E-state index in [1.807, 2.05) is 31.9 Å². The van der Waals surface area contributed by atoms with Crippen LogP contribution in [0, 0.1) is 13.8 Å². The van der Waals surface area contributed by atoms with Crippen LogP contribution in [0.4, 0.5) is 4.79 Å². The Morgan fingerprint density at radius 3 is 2.88 bits per heavy atom. The molecular weight excluding hydrogens is 304 g/mol. The summed E-state index contributed by atoms with van der Waals surface area (Å²) < 4.78 is 1.78. The van der Waals surface area contributed by atoms with E-state index in [-0.39, 0.29) is 12.1 Å². The highest BCUT2D eigenvalue weighted by atomic mass is 16.2. The van der Waals surface area contributed by atoms with E-state index < -0.39 is 0 Å². The van der Waals surface area contributed by atoms with E-state index in [2.05, 4.69) is 20.6 Å². The molecule has 1 fully saturated rings. The van der Waals surface area contributed by atoms with Gasteiger partial charge in [-0.3, -0.25) is 9.78 Å². The SMILES string of the molecule is Cc1n[nH]c(C)c1C1CCCCCN1C(=O)NCc1ccnn1C. The molecule has 0 radical (unpaired) electrons. The first-order chi connectivity index (χ1) is 11.6. The van der Waals surface area contributed by atoms with Crippen LogP contribution in [0.1, 0.15) is 54.4 Å². The average molecular weight is 330 g/mol. The number of urea groups is 1. The number of nitrogens with zero attached hydrogens (tertiary/aromatic N) is 4. The maximum Gasteiger partial charge on any atom is 0.318 e. The fourth-order valence-electron chi connectivity index (χ4n) is 3.54. The molecule has 7 heteroatoms. The number of aryl methyl sites for hydroxylation is 3. The molecular formula is C17H26N6O. The van der Waals surface area contributed by atoms with E-state index in [0.717, 1.165) is 49.3 Å². The molecule has 0 bridgehead atoms. The molecule has 7 nitrogen and oxygen atoms in total. The van der Waals surface area contributed by atoms with Crippen LogP contribution in [0.3, 0.4) is 0 Å². The van der Waals surface area contributed by atoms with E-state index in [1.54, 1.807) is 10.9 Å². The van der Waals surface area contributed by atoms with Crippen LogP contribution >= 0.6 is 0 Å². The molecule has 0 aromatic carbocycles. The fourth-order valence-corrected chi connectivity index (χ4v) is 3.54. The lowest BCUT2D eigenvalue weighted by Gasteiger charge is -2.30. The molecule has 0 saturated carbocycles. The zero-order valence-electron chi connectivity index (χ0n) is 14.7. The molecule has 0 spiro atoms. The summed E-state index contributed by atoms with van der Waals surface area (Å²) in [4.78, 5) is 14.8. The highest BCUT2D eigenvalue weighted by Crippen LogP contribution is 2.33. The molecule has 1 aliphatic rings. The number of hydrogen-bond acceptors (Lipinski definition) is 3. The van der Waals surface area contributed by atoms with Gasteiger partial charge in [0.1, 0.15) is 0 Å². The predicted octanol–water partition coefficient (Wildman–Crippen LogP) is 2.59. The Morgan fingerprint density at radius 1 is 1.38 bits per heavy atom. The van der Waals surface area contributed by atoms with Gasteiger partial charge in [0.2, 0.25) is 0 Å². The van der Waals surface area contributed by atoms with Crippen LogP contribution in [0.25, 0.3) is 0 Å². The van der Waals surface area contributed by atoms with Crippen LogP contribution in [0.2, 0.25) is 0 Å². The smallest absolute Gasteiger partial charge is 0.318 e. The second kappa shape index (κ2) is 7.07. The molecule has 2 N–H and O–H groups in total. The van der Waals surface area contributed by atoms with Crippen molar-refractivity contribution in [3.63, 3.8) is 0 Å². The summed E-state index contributed by atoms with van der Waals surface area (Å²) in [6.45, 7) is 5.31. The van der Waals surface area contributed by atoms with Gasteiger partial charge in [-0.25, -0.2) is 4.79 Å². The van der Waals surface area contributed by atoms with Crippen molar-refractivity contribution in [2.24, 2.45) is 7.05 Å². The van der Waals surface area contributed by atoms with E-state index in [0.29, 0.717) is 6.54 Å². The third kappa shape index (κ3) is 3.29. The largest absolute Gasteiger partial charge is 0.332 e. The third-order valence-corrected chi connectivity index (χ3v) is 4.88. The molecule has 1 unspecified atom stereocenters. The summed E-state index contributed by atoms with van der Waals surface area (Å²) >= 11 is 0. The van der Waals surface area contributed by atoms with Crippen LogP contribution in [0.5, 0.6) is 0 Å². The zero-order valence-corrected chi connectivity index (χ0v) is 14.7. The molecule has 130 valence electrons. The van der Waals surface area contributed by atoms with E-state index in [9.17, 15) is 4.79 Å². The van der Waals surface area contributed by atoms with Crippen LogP contribution in [0.15, 0.2) is 12.3 Å². The van der Waals surface area contributed by atoms with Gasteiger partial charge >= 0.3 is 6.03 Å². The quantitative estimate of drug-likeness (QED) is 0.908. The van der Waals surface area contributed by atoms with Crippen LogP contribution < -0.4 is 5.32 Å². The Kier molecular flexibility index (Phi) is 4.87. The summed E-state index contributed by atoms with van der Waals surface area (Å²) in [5, 5.41) is 14.6. The summed E-state index contributed by atoms with van der Waals surface area (Å²) in [7, 11) is 1.88. The van der Waals surface area contributed by atoms with Gasteiger partial charge in [-0.1, -0.05) is 12.8 Å². The number of rotatable bonds is 3. The van der Waals surface area contributed by atoms with Crippen LogP contribution in [-0.2, 0) is 13.6 Å². The number of aromatic nitrogens is 4. The lowest BCUT2D eigenvalue weighted by molar-refractivity contribution is 0.174. The first kappa shape index (κ1) is 16.5. The molecule has 24 heavy (non-hydrogen) atoms. The molecule has 2 aromatic heterocycles. The van der Waals surface area contributed by atoms with Gasteiger partial charge in [0.15, 0.2) is 0 Å². The Morgan fingerprint density at radius 2 is 2.21 bits per heavy atom. The van der Waals surface area contributed by atoms with Gasteiger partial charge in [0.05, 0.1) is 24.0 Å². The molecule has 0 aliphatic carbocycles. The van der Waals surface area contributed by atoms with E-state index >= 15 is 0 Å². The van der Waals surface area contributed by atoms with Gasteiger partial charge < -0.3 is 10.2 Å². The monoisotopic (exact) mass is 330 g/mol. The number of H-pyrrole nitrogens is 1. The fraction of sp³-hybridized carbons (Fsp3) is 0.588. The van der Waals surface area contributed by atoms with Crippen molar-refractivity contribution < 1.29 is 4.79 Å². The summed E-state index contributed by atoms with van der Waals surface area (Å²) in [6, 6.07) is 2.01. The van der Waals surface area contributed by atoms with Crippen LogP contribution in [-0.4, -0.2) is 37.5 Å². The van der Waals surface area contributed by atoms with E-state index in [4.69, 9.17) is 0 Å². The second-order valence-electron chi connectivity index (χ2n) is 6.51. The lowest BCUT2D eigenvalue weighted by atomic mass is 9.99. The van der Waals surface area contributed by atoms with E-state index in [1.165, 1.54) is 5.56 Å². The molecule has 1 aliphatic heterocycles. The molecule has 1 atom stereocenters. The number of aromatic amines is 1. The molecule has 2 aromatic rings. The van der Waals surface area contributed by atoms with Gasteiger partial charge in [0.25, 0.3) is 0 Å². The van der Waals surface area contributed by atoms with Crippen molar-refractivity contribution in [1.29, 1.82) is 0 Å². The maximum absolute atomic E-state index is 12.8. The Balaban J connectivity index is 1.77. The predicted molar refractivity (Wildman–Crippen MR) is 91.4 cm³/mol. The van der Waals surface area contributed by atoms with Gasteiger partial charge in [-0.15, -0.1) is 0 Å². The highest BCUT2D eigenvalue weighted by Gasteiger charge is 2.30. The minimum atomic E-state index is -0.0110. The molecule has 3 rings (SSSR count). The molecule has 3 heterocycles. The maximum atomic E-state index is 12.8. The number of carbonyl (C=O) groups excluding carboxylic acids is 1. The normalized spacial score (nSPS) is 18.5. The van der Waals surface area contributed by atoms with Crippen molar-refractivity contribution in [2.75, 3.05) is 6.54 Å². The van der Waals surface area contributed by atoms with Crippen molar-refractivity contribution in [1.82, 2.24) is 30.2 Å². The lowest BCUT2D eigenvalue weighted by Crippen LogP contribution is -2.42. The first-order valence-electron chi connectivity index (χ1n) is 8.60. The van der Waals surface area contributed by atoms with Crippen molar-refractivity contribution in [2.45, 2.75) is 52.1 Å². The van der Waals surface area contributed by atoms with Crippen molar-refractivity contribution >= 4 is 6.03 Å². The zero-order chi connectivity index (χ0) is 17.1. The van der Waals surface area contributed by atoms with Crippen molar-refractivity contribution in [3.05, 3.63) is 34.9 Å². The number of likely N-dealkylation sites (tertiary alicyclic amines) is 1. The van der Waals surface area contributed by atoms with Crippen molar-refractivity contribution in [3.8, 4) is 0 Å². The molecule has 2 amide bonds. The number of nitrogens with one attached hydrogen (secondary N) is 2. The number of hydrogen-bond donors (Lipinski definition) is 2. The average Bonchev–Trinajstić information content (AvgIpc) is 3.02. The number of carbonyl (C=O) groups is 1. The summed E-state index contributed by atoms with van der Waals surface area (Å²) in [6.07, 6.45) is 6.08. The summed E-state index contributed by atoms with van der Waals surface area (Å²) in [5.41, 5.74) is 4.21. The Bertz CT molecular complexity index is 684. The Hall–Kier alpha value is -2.31.